The van der Waals surface area contributed by atoms with E-state index in [2.05, 4.69) is 12.4 Å². The molecule has 0 unspecified atom stereocenters. The van der Waals surface area contributed by atoms with Gasteiger partial charge in [0.05, 0.1) is 0 Å². The van der Waals surface area contributed by atoms with E-state index in [1.54, 1.807) is 24.3 Å². The zero-order valence-electron chi connectivity index (χ0n) is 15.4. The number of allylic oxidation sites excluding steroid dienone is 2. The topological polar surface area (TPSA) is 55.4 Å². The van der Waals surface area contributed by atoms with Gasteiger partial charge in [-0.15, -0.1) is 0 Å². The average Bonchev–Trinajstić information content (AvgIpc) is 2.64. The van der Waals surface area contributed by atoms with E-state index in [1.165, 1.54) is 50.0 Å². The van der Waals surface area contributed by atoms with E-state index >= 15 is 0 Å². The van der Waals surface area contributed by atoms with Crippen molar-refractivity contribution in [3.63, 3.8) is 0 Å². The van der Waals surface area contributed by atoms with Crippen LogP contribution in [0.5, 0.6) is 0 Å². The van der Waals surface area contributed by atoms with Crippen LogP contribution in [0, 0.1) is 5.82 Å². The van der Waals surface area contributed by atoms with Gasteiger partial charge in [-0.2, -0.15) is 5.48 Å². The molecule has 0 spiro atoms. The lowest BCUT2D eigenvalue weighted by molar-refractivity contribution is -0.156. The molecule has 1 aromatic carbocycles. The number of unbranched alkanes of at least 4 members (excludes halogenated alkanes) is 6. The van der Waals surface area contributed by atoms with Gasteiger partial charge in [-0.1, -0.05) is 75.8 Å². The van der Waals surface area contributed by atoms with E-state index in [1.807, 2.05) is 0 Å². The summed E-state index contributed by atoms with van der Waals surface area (Å²) in [6.07, 6.45) is 14.3. The lowest BCUT2D eigenvalue weighted by atomic mass is 10.1. The summed E-state index contributed by atoms with van der Waals surface area (Å²) in [6.45, 7) is 2.18. The van der Waals surface area contributed by atoms with Crippen molar-refractivity contribution < 1.29 is 18.8 Å². The molecular weight excluding hydrogens is 333 g/mol. The number of rotatable bonds is 11. The van der Waals surface area contributed by atoms with Gasteiger partial charge in [-0.05, 0) is 24.1 Å². The Kier molecular flexibility index (Phi) is 11.5. The normalized spacial score (nSPS) is 11.2. The minimum Gasteiger partial charge on any atom is -0.341 e. The second kappa shape index (κ2) is 13.8. The minimum atomic E-state index is -0.512. The molecule has 0 saturated carbocycles. The molecule has 0 radical (unpaired) electrons. The Morgan fingerprint density at radius 2 is 1.65 bits per heavy atom. The van der Waals surface area contributed by atoms with Crippen LogP contribution in [-0.2, 0) is 14.4 Å². The van der Waals surface area contributed by atoms with Crippen molar-refractivity contribution in [2.45, 2.75) is 58.3 Å². The minimum absolute atomic E-state index is 0.296. The Hall–Kier alpha value is -2.43. The van der Waals surface area contributed by atoms with Crippen molar-refractivity contribution in [3.05, 3.63) is 53.9 Å². The molecule has 142 valence electrons. The van der Waals surface area contributed by atoms with Crippen LogP contribution in [0.4, 0.5) is 4.39 Å². The Labute approximate surface area is 155 Å². The summed E-state index contributed by atoms with van der Waals surface area (Å²) in [6, 6.07) is 5.98. The quantitative estimate of drug-likeness (QED) is 0.258. The third-order valence-electron chi connectivity index (χ3n) is 3.77. The van der Waals surface area contributed by atoms with Crippen LogP contribution in [0.1, 0.15) is 63.9 Å². The Morgan fingerprint density at radius 3 is 2.35 bits per heavy atom. The summed E-state index contributed by atoms with van der Waals surface area (Å²) in [4.78, 5) is 27.8. The van der Waals surface area contributed by atoms with Crippen LogP contribution in [0.3, 0.4) is 0 Å². The van der Waals surface area contributed by atoms with Gasteiger partial charge in [0.2, 0.25) is 0 Å². The fourth-order valence-electron chi connectivity index (χ4n) is 2.30. The molecule has 1 amide bonds. The summed E-state index contributed by atoms with van der Waals surface area (Å²) in [5.74, 6) is -1.24. The molecule has 4 nitrogen and oxygen atoms in total. The molecule has 0 fully saturated rings. The van der Waals surface area contributed by atoms with E-state index in [4.69, 9.17) is 4.84 Å². The number of benzene rings is 1. The first-order valence-corrected chi connectivity index (χ1v) is 9.21. The molecule has 0 aliphatic heterocycles. The number of halogens is 1. The van der Waals surface area contributed by atoms with E-state index in [-0.39, 0.29) is 5.82 Å². The summed E-state index contributed by atoms with van der Waals surface area (Å²) in [5.41, 5.74) is 2.92. The van der Waals surface area contributed by atoms with E-state index in [0.717, 1.165) is 24.8 Å². The predicted octanol–water partition coefficient (Wildman–Crippen LogP) is 5.11. The van der Waals surface area contributed by atoms with Gasteiger partial charge >= 0.3 is 5.97 Å². The molecule has 0 aliphatic rings. The highest BCUT2D eigenvalue weighted by molar-refractivity contribution is 5.88. The van der Waals surface area contributed by atoms with Crippen LogP contribution in [0.25, 0.3) is 6.08 Å². The van der Waals surface area contributed by atoms with Crippen molar-refractivity contribution in [2.75, 3.05) is 0 Å². The van der Waals surface area contributed by atoms with Gasteiger partial charge in [0, 0.05) is 12.5 Å². The molecule has 0 aromatic heterocycles. The van der Waals surface area contributed by atoms with Gasteiger partial charge < -0.3 is 4.84 Å². The molecule has 0 atom stereocenters. The number of nitrogens with one attached hydrogen (secondary N) is 1. The van der Waals surface area contributed by atoms with Crippen molar-refractivity contribution in [2.24, 2.45) is 0 Å². The van der Waals surface area contributed by atoms with E-state index in [9.17, 15) is 14.0 Å². The molecule has 5 heteroatoms. The smallest absolute Gasteiger partial charge is 0.332 e. The Morgan fingerprint density at radius 1 is 1.00 bits per heavy atom. The highest BCUT2D eigenvalue weighted by atomic mass is 19.1. The summed E-state index contributed by atoms with van der Waals surface area (Å²) in [5, 5.41) is 0. The van der Waals surface area contributed by atoms with Crippen LogP contribution < -0.4 is 5.48 Å². The maximum Gasteiger partial charge on any atom is 0.332 e. The molecule has 0 bridgehead atoms. The number of carbonyl (C=O) groups excluding carboxylic acids is 2. The maximum absolute atomic E-state index is 12.8. The molecule has 0 saturated heterocycles. The Balaban J connectivity index is 2.11. The van der Waals surface area contributed by atoms with Crippen molar-refractivity contribution in [1.82, 2.24) is 5.48 Å². The van der Waals surface area contributed by atoms with Crippen molar-refractivity contribution in [3.8, 4) is 0 Å². The number of hydroxylamine groups is 1. The fourth-order valence-corrected chi connectivity index (χ4v) is 2.30. The highest BCUT2D eigenvalue weighted by Crippen LogP contribution is 2.08. The number of carbonyl (C=O) groups is 2. The third-order valence-corrected chi connectivity index (χ3v) is 3.77. The zero-order valence-corrected chi connectivity index (χ0v) is 15.4. The monoisotopic (exact) mass is 361 g/mol. The summed E-state index contributed by atoms with van der Waals surface area (Å²) < 4.78 is 12.8. The van der Waals surface area contributed by atoms with Gasteiger partial charge in [-0.3, -0.25) is 4.79 Å². The van der Waals surface area contributed by atoms with Crippen LogP contribution >= 0.6 is 0 Å². The van der Waals surface area contributed by atoms with Gasteiger partial charge in [0.25, 0.3) is 5.91 Å². The first-order chi connectivity index (χ1) is 12.6. The number of hydrogen-bond donors (Lipinski definition) is 1. The largest absolute Gasteiger partial charge is 0.341 e. The molecule has 1 rings (SSSR count). The number of hydrogen-bond acceptors (Lipinski definition) is 3. The van der Waals surface area contributed by atoms with Gasteiger partial charge in [0.1, 0.15) is 5.82 Å². The van der Waals surface area contributed by atoms with Crippen molar-refractivity contribution in [1.29, 1.82) is 0 Å². The lowest BCUT2D eigenvalue weighted by Crippen LogP contribution is -2.25. The second-order valence-electron chi connectivity index (χ2n) is 6.08. The SMILES string of the molecule is CCCCCCCCCC(=O)ONC(=O)/C=C/C=C/c1ccc(F)cc1. The predicted molar refractivity (Wildman–Crippen MR) is 101 cm³/mol. The second-order valence-corrected chi connectivity index (χ2v) is 6.08. The van der Waals surface area contributed by atoms with E-state index in [0.29, 0.717) is 6.42 Å². The van der Waals surface area contributed by atoms with Crippen LogP contribution in [0.15, 0.2) is 42.5 Å². The first kappa shape index (κ1) is 21.6. The molecule has 1 N–H and O–H groups in total. The highest BCUT2D eigenvalue weighted by Gasteiger charge is 2.04. The summed E-state index contributed by atoms with van der Waals surface area (Å²) in [7, 11) is 0. The standard InChI is InChI=1S/C21H28FNO3/c1-2-3-4-5-6-7-8-13-21(25)26-23-20(24)12-10-9-11-18-14-16-19(22)17-15-18/h9-12,14-17H,2-8,13H2,1H3,(H,23,24)/b11-9+,12-10+. The fraction of sp³-hybridized carbons (Fsp3) is 0.429. The van der Waals surface area contributed by atoms with E-state index < -0.39 is 11.9 Å². The van der Waals surface area contributed by atoms with Gasteiger partial charge in [0.15, 0.2) is 0 Å². The van der Waals surface area contributed by atoms with Gasteiger partial charge in [-0.25, -0.2) is 9.18 Å². The number of amides is 1. The third kappa shape index (κ3) is 11.2. The molecule has 0 aliphatic carbocycles. The average molecular weight is 361 g/mol. The summed E-state index contributed by atoms with van der Waals surface area (Å²) >= 11 is 0. The Bertz CT molecular complexity index is 594. The zero-order chi connectivity index (χ0) is 19.0. The first-order valence-electron chi connectivity index (χ1n) is 9.21. The molecule has 0 heterocycles. The van der Waals surface area contributed by atoms with Crippen LogP contribution in [-0.4, -0.2) is 11.9 Å². The molecule has 1 aromatic rings. The van der Waals surface area contributed by atoms with Crippen molar-refractivity contribution >= 4 is 18.0 Å². The van der Waals surface area contributed by atoms with Crippen LogP contribution in [0.2, 0.25) is 0 Å². The maximum atomic E-state index is 12.8. The molecular formula is C21H28FNO3. The molecule has 26 heavy (non-hydrogen) atoms. The lowest BCUT2D eigenvalue weighted by Gasteiger charge is -2.03.